The van der Waals surface area contributed by atoms with E-state index in [-0.39, 0.29) is 6.10 Å². The Kier molecular flexibility index (Phi) is 5.29. The van der Waals surface area contributed by atoms with Gasteiger partial charge < -0.3 is 14.6 Å². The minimum Gasteiger partial charge on any atom is -0.497 e. The lowest BCUT2D eigenvalue weighted by Gasteiger charge is -2.18. The van der Waals surface area contributed by atoms with Crippen LogP contribution < -0.4 is 4.74 Å². The Morgan fingerprint density at radius 2 is 2.12 bits per heavy atom. The lowest BCUT2D eigenvalue weighted by Crippen LogP contribution is -2.28. The van der Waals surface area contributed by atoms with Gasteiger partial charge in [0.05, 0.1) is 19.3 Å². The lowest BCUT2D eigenvalue weighted by molar-refractivity contribution is -0.0208. The normalized spacial score (nSPS) is 14.5. The molecular weight excluding hydrogens is 204 g/mol. The molecule has 90 valence electrons. The molecule has 16 heavy (non-hydrogen) atoms. The van der Waals surface area contributed by atoms with E-state index in [1.165, 1.54) is 0 Å². The first-order valence-corrected chi connectivity index (χ1v) is 5.60. The molecule has 2 atom stereocenters. The Hall–Kier alpha value is -1.06. The highest BCUT2D eigenvalue weighted by Gasteiger charge is 2.14. The van der Waals surface area contributed by atoms with Gasteiger partial charge in [-0.05, 0) is 31.5 Å². The van der Waals surface area contributed by atoms with E-state index in [1.807, 2.05) is 38.1 Å². The maximum absolute atomic E-state index is 9.90. The van der Waals surface area contributed by atoms with Crippen molar-refractivity contribution in [3.8, 4) is 5.75 Å². The van der Waals surface area contributed by atoms with Crippen molar-refractivity contribution in [2.75, 3.05) is 13.7 Å². The Morgan fingerprint density at radius 3 is 2.75 bits per heavy atom. The van der Waals surface area contributed by atoms with Crippen LogP contribution in [-0.2, 0) is 11.2 Å². The molecule has 0 aliphatic heterocycles. The fourth-order valence-corrected chi connectivity index (χ4v) is 1.58. The molecule has 0 aliphatic rings. The summed E-state index contributed by atoms with van der Waals surface area (Å²) in [6.07, 6.45) is -0.0403. The third-order valence-corrected chi connectivity index (χ3v) is 2.55. The van der Waals surface area contributed by atoms with Crippen LogP contribution in [0.2, 0.25) is 0 Å². The number of methoxy groups -OCH3 is 1. The molecule has 1 aromatic rings. The zero-order valence-corrected chi connectivity index (χ0v) is 10.1. The Labute approximate surface area is 97.0 Å². The first-order valence-electron chi connectivity index (χ1n) is 5.60. The minimum absolute atomic E-state index is 0.142. The second kappa shape index (κ2) is 6.51. The van der Waals surface area contributed by atoms with Crippen molar-refractivity contribution in [1.82, 2.24) is 0 Å². The molecule has 0 saturated heterocycles. The van der Waals surface area contributed by atoms with Crippen LogP contribution in [0.5, 0.6) is 5.75 Å². The van der Waals surface area contributed by atoms with E-state index >= 15 is 0 Å². The standard InChI is InChI=1S/C13H20O3/c1-4-16-10(2)13(14)9-11-6-5-7-12(8-11)15-3/h5-8,10,13-14H,4,9H2,1-3H3. The van der Waals surface area contributed by atoms with Crippen LogP contribution >= 0.6 is 0 Å². The Bertz CT molecular complexity index is 312. The first-order chi connectivity index (χ1) is 7.67. The fraction of sp³-hybridized carbons (Fsp3) is 0.538. The predicted molar refractivity (Wildman–Crippen MR) is 63.8 cm³/mol. The van der Waals surface area contributed by atoms with Crippen molar-refractivity contribution in [2.24, 2.45) is 0 Å². The smallest absolute Gasteiger partial charge is 0.119 e. The molecule has 0 aliphatic carbocycles. The van der Waals surface area contributed by atoms with Crippen LogP contribution in [0.15, 0.2) is 24.3 Å². The molecule has 0 fully saturated rings. The highest BCUT2D eigenvalue weighted by atomic mass is 16.5. The maximum atomic E-state index is 9.90. The van der Waals surface area contributed by atoms with Gasteiger partial charge in [-0.2, -0.15) is 0 Å². The number of benzene rings is 1. The Morgan fingerprint density at radius 1 is 1.38 bits per heavy atom. The molecule has 0 spiro atoms. The van der Waals surface area contributed by atoms with Gasteiger partial charge in [0.1, 0.15) is 5.75 Å². The molecule has 0 amide bonds. The third-order valence-electron chi connectivity index (χ3n) is 2.55. The number of aliphatic hydroxyl groups is 1. The van der Waals surface area contributed by atoms with Gasteiger partial charge in [-0.15, -0.1) is 0 Å². The second-order valence-electron chi connectivity index (χ2n) is 3.78. The average molecular weight is 224 g/mol. The van der Waals surface area contributed by atoms with Gasteiger partial charge in [0.2, 0.25) is 0 Å². The Balaban J connectivity index is 2.58. The molecule has 3 nitrogen and oxygen atoms in total. The number of hydrogen-bond donors (Lipinski definition) is 1. The summed E-state index contributed by atoms with van der Waals surface area (Å²) in [5.41, 5.74) is 1.05. The number of rotatable bonds is 6. The number of ether oxygens (including phenoxy) is 2. The summed E-state index contributed by atoms with van der Waals surface area (Å²) in [6, 6.07) is 7.72. The van der Waals surface area contributed by atoms with Gasteiger partial charge in [-0.1, -0.05) is 12.1 Å². The molecule has 0 saturated carbocycles. The van der Waals surface area contributed by atoms with Gasteiger partial charge >= 0.3 is 0 Å². The van der Waals surface area contributed by atoms with Gasteiger partial charge in [0, 0.05) is 13.0 Å². The fourth-order valence-electron chi connectivity index (χ4n) is 1.58. The predicted octanol–water partition coefficient (Wildman–Crippen LogP) is 2.02. The van der Waals surface area contributed by atoms with E-state index in [0.29, 0.717) is 13.0 Å². The van der Waals surface area contributed by atoms with Crippen LogP contribution in [0, 0.1) is 0 Å². The first kappa shape index (κ1) is 13.0. The SMILES string of the molecule is CCOC(C)C(O)Cc1cccc(OC)c1. The quantitative estimate of drug-likeness (QED) is 0.803. The van der Waals surface area contributed by atoms with E-state index in [2.05, 4.69) is 0 Å². The molecule has 0 heterocycles. The van der Waals surface area contributed by atoms with Gasteiger partial charge in [0.15, 0.2) is 0 Å². The van der Waals surface area contributed by atoms with Crippen LogP contribution in [0.1, 0.15) is 19.4 Å². The number of hydrogen-bond acceptors (Lipinski definition) is 3. The van der Waals surface area contributed by atoms with E-state index in [9.17, 15) is 5.11 Å². The van der Waals surface area contributed by atoms with Gasteiger partial charge in [0.25, 0.3) is 0 Å². The summed E-state index contributed by atoms with van der Waals surface area (Å²) >= 11 is 0. The molecule has 0 aromatic heterocycles. The van der Waals surface area contributed by atoms with Crippen molar-refractivity contribution >= 4 is 0 Å². The van der Waals surface area contributed by atoms with Crippen molar-refractivity contribution in [1.29, 1.82) is 0 Å². The highest BCUT2D eigenvalue weighted by Crippen LogP contribution is 2.15. The molecule has 0 radical (unpaired) electrons. The average Bonchev–Trinajstić information content (AvgIpc) is 2.29. The maximum Gasteiger partial charge on any atom is 0.119 e. The molecule has 3 heteroatoms. The summed E-state index contributed by atoms with van der Waals surface area (Å²) in [5, 5.41) is 9.90. The summed E-state index contributed by atoms with van der Waals surface area (Å²) in [7, 11) is 1.64. The van der Waals surface area contributed by atoms with Gasteiger partial charge in [-0.3, -0.25) is 0 Å². The van der Waals surface area contributed by atoms with E-state index in [4.69, 9.17) is 9.47 Å². The lowest BCUT2D eigenvalue weighted by atomic mass is 10.0. The second-order valence-corrected chi connectivity index (χ2v) is 3.78. The molecular formula is C13H20O3. The van der Waals surface area contributed by atoms with E-state index in [1.54, 1.807) is 7.11 Å². The largest absolute Gasteiger partial charge is 0.497 e. The zero-order chi connectivity index (χ0) is 12.0. The minimum atomic E-state index is -0.480. The van der Waals surface area contributed by atoms with Crippen LogP contribution in [0.25, 0.3) is 0 Å². The van der Waals surface area contributed by atoms with Crippen molar-refractivity contribution in [2.45, 2.75) is 32.5 Å². The van der Waals surface area contributed by atoms with Gasteiger partial charge in [-0.25, -0.2) is 0 Å². The molecule has 1 rings (SSSR count). The van der Waals surface area contributed by atoms with Crippen LogP contribution in [0.3, 0.4) is 0 Å². The third kappa shape index (κ3) is 3.83. The van der Waals surface area contributed by atoms with Crippen LogP contribution in [-0.4, -0.2) is 31.0 Å². The van der Waals surface area contributed by atoms with Crippen molar-refractivity contribution in [3.05, 3.63) is 29.8 Å². The molecule has 2 unspecified atom stereocenters. The number of aliphatic hydroxyl groups excluding tert-OH is 1. The van der Waals surface area contributed by atoms with Crippen molar-refractivity contribution in [3.63, 3.8) is 0 Å². The summed E-state index contributed by atoms with van der Waals surface area (Å²) in [5.74, 6) is 0.814. The zero-order valence-electron chi connectivity index (χ0n) is 10.1. The van der Waals surface area contributed by atoms with E-state index in [0.717, 1.165) is 11.3 Å². The highest BCUT2D eigenvalue weighted by molar-refractivity contribution is 5.28. The summed E-state index contributed by atoms with van der Waals surface area (Å²) in [6.45, 7) is 4.43. The molecule has 1 aromatic carbocycles. The summed E-state index contributed by atoms with van der Waals surface area (Å²) in [4.78, 5) is 0. The van der Waals surface area contributed by atoms with Crippen LogP contribution in [0.4, 0.5) is 0 Å². The summed E-state index contributed by atoms with van der Waals surface area (Å²) < 4.78 is 10.5. The topological polar surface area (TPSA) is 38.7 Å². The van der Waals surface area contributed by atoms with Crippen molar-refractivity contribution < 1.29 is 14.6 Å². The van der Waals surface area contributed by atoms with E-state index < -0.39 is 6.10 Å². The molecule has 0 bridgehead atoms. The monoisotopic (exact) mass is 224 g/mol. The molecule has 1 N–H and O–H groups in total.